The van der Waals surface area contributed by atoms with Gasteiger partial charge in [0.15, 0.2) is 17.3 Å². The number of nitrogens with zero attached hydrogens (tertiary/aromatic N) is 1. The second kappa shape index (κ2) is 6.78. The largest absolute Gasteiger partial charge is 0.454 e. The Labute approximate surface area is 140 Å². The molecule has 128 valence electrons. The summed E-state index contributed by atoms with van der Waals surface area (Å²) in [6.07, 6.45) is -0.544. The minimum absolute atomic E-state index is 0.0753. The van der Waals surface area contributed by atoms with E-state index in [0.717, 1.165) is 0 Å². The van der Waals surface area contributed by atoms with Crippen molar-refractivity contribution in [3.8, 4) is 17.2 Å². The second-order valence-corrected chi connectivity index (χ2v) is 6.33. The van der Waals surface area contributed by atoms with Crippen molar-refractivity contribution in [3.05, 3.63) is 48.3 Å². The smallest absolute Gasteiger partial charge is 0.415 e. The minimum Gasteiger partial charge on any atom is -0.454 e. The van der Waals surface area contributed by atoms with Crippen molar-refractivity contribution >= 4 is 11.8 Å². The number of benzene rings is 2. The Balaban J connectivity index is 2.20. The summed E-state index contributed by atoms with van der Waals surface area (Å²) in [5, 5.41) is 0. The van der Waals surface area contributed by atoms with Gasteiger partial charge in [-0.2, -0.15) is 0 Å². The van der Waals surface area contributed by atoms with Crippen molar-refractivity contribution in [2.24, 2.45) is 0 Å². The molecule has 0 saturated carbocycles. The average Bonchev–Trinajstić information content (AvgIpc) is 2.51. The molecule has 6 heteroatoms. The van der Waals surface area contributed by atoms with E-state index in [0.29, 0.717) is 5.75 Å². The number of ether oxygens (including phenoxy) is 2. The van der Waals surface area contributed by atoms with Gasteiger partial charge in [-0.3, -0.25) is 0 Å². The number of hydrogen-bond acceptors (Lipinski definition) is 4. The Morgan fingerprint density at radius 1 is 1.12 bits per heavy atom. The molecule has 0 fully saturated rings. The van der Waals surface area contributed by atoms with E-state index in [1.807, 2.05) is 20.8 Å². The van der Waals surface area contributed by atoms with Crippen LogP contribution >= 0.6 is 0 Å². The molecule has 0 unspecified atom stereocenters. The molecule has 0 bridgehead atoms. The zero-order chi connectivity index (χ0) is 17.9. The van der Waals surface area contributed by atoms with Gasteiger partial charge in [0.1, 0.15) is 5.75 Å². The third-order valence-electron chi connectivity index (χ3n) is 3.53. The number of halogens is 1. The molecule has 0 atom stereocenters. The van der Waals surface area contributed by atoms with Crippen molar-refractivity contribution in [3.63, 3.8) is 0 Å². The zero-order valence-electron chi connectivity index (χ0n) is 14.2. The van der Waals surface area contributed by atoms with Gasteiger partial charge in [-0.15, -0.1) is 0 Å². The number of carbonyl (C=O) groups is 1. The van der Waals surface area contributed by atoms with Crippen LogP contribution in [0.2, 0.25) is 0 Å². The van der Waals surface area contributed by atoms with Crippen LogP contribution in [0.25, 0.3) is 0 Å². The van der Waals surface area contributed by atoms with Gasteiger partial charge < -0.3 is 20.1 Å². The fourth-order valence-electron chi connectivity index (χ4n) is 1.76. The average molecular weight is 332 g/mol. The molecule has 0 aliphatic rings. The third-order valence-corrected chi connectivity index (χ3v) is 3.53. The molecule has 0 heterocycles. The van der Waals surface area contributed by atoms with Crippen LogP contribution in [0.1, 0.15) is 20.8 Å². The van der Waals surface area contributed by atoms with Gasteiger partial charge in [-0.25, -0.2) is 9.18 Å². The van der Waals surface area contributed by atoms with E-state index in [9.17, 15) is 9.18 Å². The molecular formula is C18H21FN2O3. The SMILES string of the molecule is CN(C(=O)Oc1cc(Oc2ccccc2F)ccc1N)C(C)(C)C. The van der Waals surface area contributed by atoms with Crippen LogP contribution < -0.4 is 15.2 Å². The monoisotopic (exact) mass is 332 g/mol. The second-order valence-electron chi connectivity index (χ2n) is 6.33. The van der Waals surface area contributed by atoms with E-state index in [1.165, 1.54) is 29.2 Å². The highest BCUT2D eigenvalue weighted by Crippen LogP contribution is 2.31. The highest BCUT2D eigenvalue weighted by Gasteiger charge is 2.24. The van der Waals surface area contributed by atoms with Crippen LogP contribution in [-0.2, 0) is 0 Å². The Morgan fingerprint density at radius 3 is 2.42 bits per heavy atom. The topological polar surface area (TPSA) is 64.8 Å². The van der Waals surface area contributed by atoms with E-state index in [-0.39, 0.29) is 17.2 Å². The minimum atomic E-state index is -0.544. The Bertz CT molecular complexity index is 741. The molecule has 0 aliphatic heterocycles. The first-order valence-corrected chi connectivity index (χ1v) is 7.46. The molecule has 24 heavy (non-hydrogen) atoms. The predicted octanol–water partition coefficient (Wildman–Crippen LogP) is 4.43. The Kier molecular flexibility index (Phi) is 4.97. The van der Waals surface area contributed by atoms with Gasteiger partial charge in [0.25, 0.3) is 0 Å². The Hall–Kier alpha value is -2.76. The molecule has 0 aliphatic carbocycles. The van der Waals surface area contributed by atoms with Crippen molar-refractivity contribution in [2.75, 3.05) is 12.8 Å². The number of anilines is 1. The quantitative estimate of drug-likeness (QED) is 0.845. The van der Waals surface area contributed by atoms with E-state index in [4.69, 9.17) is 15.2 Å². The van der Waals surface area contributed by atoms with Crippen LogP contribution in [0.5, 0.6) is 17.2 Å². The van der Waals surface area contributed by atoms with E-state index in [2.05, 4.69) is 0 Å². The molecule has 1 amide bonds. The third kappa shape index (κ3) is 4.16. The number of nitrogen functional groups attached to an aromatic ring is 1. The summed E-state index contributed by atoms with van der Waals surface area (Å²) in [5.74, 6) is 0.0622. The maximum atomic E-state index is 13.7. The van der Waals surface area contributed by atoms with E-state index >= 15 is 0 Å². The van der Waals surface area contributed by atoms with E-state index in [1.54, 1.807) is 25.2 Å². The molecule has 0 saturated heterocycles. The van der Waals surface area contributed by atoms with Gasteiger partial charge in [0, 0.05) is 18.7 Å². The van der Waals surface area contributed by atoms with Crippen molar-refractivity contribution < 1.29 is 18.7 Å². The summed E-state index contributed by atoms with van der Waals surface area (Å²) in [5.41, 5.74) is 5.73. The predicted molar refractivity (Wildman–Crippen MR) is 90.9 cm³/mol. The first-order chi connectivity index (χ1) is 11.2. The summed E-state index contributed by atoms with van der Waals surface area (Å²) >= 11 is 0. The number of para-hydroxylation sites is 1. The maximum Gasteiger partial charge on any atom is 0.415 e. The number of nitrogens with two attached hydrogens (primary N) is 1. The van der Waals surface area contributed by atoms with Crippen molar-refractivity contribution in [1.82, 2.24) is 4.90 Å². The molecule has 2 aromatic rings. The van der Waals surface area contributed by atoms with Gasteiger partial charge in [-0.05, 0) is 45.0 Å². The molecule has 2 aromatic carbocycles. The standard InChI is InChI=1S/C18H21FN2O3/c1-18(2,3)21(4)17(22)24-16-11-12(9-10-14(16)20)23-15-8-6-5-7-13(15)19/h5-11H,20H2,1-4H3. The van der Waals surface area contributed by atoms with Crippen molar-refractivity contribution in [1.29, 1.82) is 0 Å². The molecule has 2 rings (SSSR count). The number of carbonyl (C=O) groups excluding carboxylic acids is 1. The van der Waals surface area contributed by atoms with Crippen LogP contribution in [0, 0.1) is 5.82 Å². The summed E-state index contributed by atoms with van der Waals surface area (Å²) in [7, 11) is 1.64. The number of amides is 1. The van der Waals surface area contributed by atoms with Crippen LogP contribution in [0.15, 0.2) is 42.5 Å². The summed E-state index contributed by atoms with van der Waals surface area (Å²) < 4.78 is 24.5. The molecule has 0 radical (unpaired) electrons. The lowest BCUT2D eigenvalue weighted by molar-refractivity contribution is 0.124. The van der Waals surface area contributed by atoms with Crippen LogP contribution in [0.3, 0.4) is 0 Å². The molecule has 5 nitrogen and oxygen atoms in total. The molecule has 2 N–H and O–H groups in total. The lowest BCUT2D eigenvalue weighted by Gasteiger charge is -2.30. The fraction of sp³-hybridized carbons (Fsp3) is 0.278. The first-order valence-electron chi connectivity index (χ1n) is 7.46. The highest BCUT2D eigenvalue weighted by atomic mass is 19.1. The Morgan fingerprint density at radius 2 is 1.79 bits per heavy atom. The summed E-state index contributed by atoms with van der Waals surface area (Å²) in [6, 6.07) is 10.6. The zero-order valence-corrected chi connectivity index (χ0v) is 14.2. The molecular weight excluding hydrogens is 311 g/mol. The molecule has 0 aromatic heterocycles. The molecule has 0 spiro atoms. The summed E-state index contributed by atoms with van der Waals surface area (Å²) in [6.45, 7) is 5.65. The van der Waals surface area contributed by atoms with Crippen LogP contribution in [0.4, 0.5) is 14.9 Å². The van der Waals surface area contributed by atoms with Gasteiger partial charge >= 0.3 is 6.09 Å². The van der Waals surface area contributed by atoms with E-state index < -0.39 is 17.4 Å². The highest BCUT2D eigenvalue weighted by molar-refractivity contribution is 5.74. The number of rotatable bonds is 3. The fourth-order valence-corrected chi connectivity index (χ4v) is 1.76. The lowest BCUT2D eigenvalue weighted by atomic mass is 10.1. The lowest BCUT2D eigenvalue weighted by Crippen LogP contribution is -2.44. The maximum absolute atomic E-state index is 13.7. The van der Waals surface area contributed by atoms with Gasteiger partial charge in [0.2, 0.25) is 0 Å². The number of hydrogen-bond donors (Lipinski definition) is 1. The van der Waals surface area contributed by atoms with Crippen LogP contribution in [-0.4, -0.2) is 23.6 Å². The van der Waals surface area contributed by atoms with Crippen molar-refractivity contribution in [2.45, 2.75) is 26.3 Å². The summed E-state index contributed by atoms with van der Waals surface area (Å²) in [4.78, 5) is 13.6. The van der Waals surface area contributed by atoms with Gasteiger partial charge in [0.05, 0.1) is 5.69 Å². The normalized spacial score (nSPS) is 11.0. The van der Waals surface area contributed by atoms with Gasteiger partial charge in [-0.1, -0.05) is 12.1 Å². The first kappa shape index (κ1) is 17.6.